The Morgan fingerprint density at radius 2 is 1.81 bits per heavy atom. The molecule has 26 heavy (non-hydrogen) atoms. The zero-order chi connectivity index (χ0) is 18.7. The number of carbonyl (C=O) groups excluding carboxylic acids is 1. The van der Waals surface area contributed by atoms with E-state index >= 15 is 0 Å². The number of aryl methyl sites for hydroxylation is 1. The van der Waals surface area contributed by atoms with Gasteiger partial charge in [0.1, 0.15) is 0 Å². The van der Waals surface area contributed by atoms with Crippen molar-refractivity contribution in [2.75, 3.05) is 5.32 Å². The van der Waals surface area contributed by atoms with Crippen LogP contribution < -0.4 is 5.32 Å². The third-order valence-electron chi connectivity index (χ3n) is 4.56. The summed E-state index contributed by atoms with van der Waals surface area (Å²) in [5, 5.41) is 11.2. The highest BCUT2D eigenvalue weighted by Crippen LogP contribution is 2.20. The van der Waals surface area contributed by atoms with Crippen LogP contribution in [-0.4, -0.2) is 20.9 Å². The maximum Gasteiger partial charge on any atom is 0.278 e. The Labute approximate surface area is 154 Å². The number of nitrogens with one attached hydrogen (secondary N) is 1. The molecule has 0 fully saturated rings. The molecule has 1 N–H and O–H groups in total. The van der Waals surface area contributed by atoms with Crippen LogP contribution >= 0.6 is 0 Å². The average Bonchev–Trinajstić information content (AvgIpc) is 3.03. The molecule has 0 atom stereocenters. The largest absolute Gasteiger partial charge is 0.320 e. The van der Waals surface area contributed by atoms with E-state index in [1.165, 1.54) is 5.56 Å². The second-order valence-corrected chi connectivity index (χ2v) is 6.65. The molecule has 0 bridgehead atoms. The molecule has 0 unspecified atom stereocenters. The van der Waals surface area contributed by atoms with E-state index in [1.807, 2.05) is 43.3 Å². The molecular weight excluding hydrogens is 324 g/mol. The molecule has 3 aromatic rings. The molecule has 3 rings (SSSR count). The second-order valence-electron chi connectivity index (χ2n) is 6.65. The number of nitrogens with zero attached hydrogens (tertiary/aromatic N) is 3. The van der Waals surface area contributed by atoms with Crippen LogP contribution in [0.5, 0.6) is 0 Å². The van der Waals surface area contributed by atoms with Crippen molar-refractivity contribution in [3.63, 3.8) is 0 Å². The number of benzene rings is 2. The fraction of sp³-hybridized carbons (Fsp3) is 0.286. The van der Waals surface area contributed by atoms with Gasteiger partial charge in [-0.2, -0.15) is 0 Å². The summed E-state index contributed by atoms with van der Waals surface area (Å²) in [4.78, 5) is 12.7. The summed E-state index contributed by atoms with van der Waals surface area (Å²) in [5.74, 6) is 0.231. The van der Waals surface area contributed by atoms with Crippen LogP contribution in [0, 0.1) is 6.92 Å². The highest BCUT2D eigenvalue weighted by atomic mass is 16.2. The van der Waals surface area contributed by atoms with Gasteiger partial charge in [0.2, 0.25) is 0 Å². The topological polar surface area (TPSA) is 59.8 Å². The van der Waals surface area contributed by atoms with Gasteiger partial charge < -0.3 is 5.32 Å². The summed E-state index contributed by atoms with van der Waals surface area (Å²) in [7, 11) is 0. The first kappa shape index (κ1) is 17.9. The first-order chi connectivity index (χ1) is 12.5. The highest BCUT2D eigenvalue weighted by molar-refractivity contribution is 6.04. The smallest absolute Gasteiger partial charge is 0.278 e. The van der Waals surface area contributed by atoms with E-state index in [2.05, 4.69) is 48.5 Å². The van der Waals surface area contributed by atoms with Gasteiger partial charge in [0, 0.05) is 5.69 Å². The van der Waals surface area contributed by atoms with Gasteiger partial charge in [0.25, 0.3) is 5.91 Å². The van der Waals surface area contributed by atoms with Crippen LogP contribution in [-0.2, 0) is 6.42 Å². The Balaban J connectivity index is 1.85. The maximum atomic E-state index is 12.7. The number of anilines is 1. The molecule has 0 aliphatic rings. The molecule has 0 aliphatic carbocycles. The normalized spacial score (nSPS) is 11.0. The van der Waals surface area contributed by atoms with Crippen molar-refractivity contribution in [2.24, 2.45) is 0 Å². The van der Waals surface area contributed by atoms with Gasteiger partial charge in [-0.25, -0.2) is 4.68 Å². The van der Waals surface area contributed by atoms with Gasteiger partial charge in [0.15, 0.2) is 5.69 Å². The Morgan fingerprint density at radius 3 is 2.46 bits per heavy atom. The minimum Gasteiger partial charge on any atom is -0.320 e. The molecule has 1 heterocycles. The van der Waals surface area contributed by atoms with Crippen LogP contribution in [0.1, 0.15) is 54.0 Å². The number of amides is 1. The molecular formula is C21H24N4O. The molecule has 2 aromatic carbocycles. The summed E-state index contributed by atoms with van der Waals surface area (Å²) in [6, 6.07) is 16.0. The molecule has 1 amide bonds. The molecule has 1 aromatic heterocycles. The molecule has 0 saturated carbocycles. The average molecular weight is 348 g/mol. The number of carbonyl (C=O) groups is 1. The van der Waals surface area contributed by atoms with E-state index in [4.69, 9.17) is 0 Å². The quantitative estimate of drug-likeness (QED) is 0.738. The van der Waals surface area contributed by atoms with E-state index in [0.29, 0.717) is 17.3 Å². The minimum atomic E-state index is -0.242. The zero-order valence-corrected chi connectivity index (χ0v) is 15.7. The van der Waals surface area contributed by atoms with Crippen molar-refractivity contribution >= 4 is 11.6 Å². The number of hydrogen-bond acceptors (Lipinski definition) is 3. The van der Waals surface area contributed by atoms with Crippen LogP contribution in [0.3, 0.4) is 0 Å². The standard InChI is InChI=1S/C21H24N4O/c1-5-16-8-6-7-9-19(16)22-21(26)20-15(4)25(24-23-20)18-12-10-17(11-13-18)14(2)3/h6-14H,5H2,1-4H3,(H,22,26). The minimum absolute atomic E-state index is 0.242. The summed E-state index contributed by atoms with van der Waals surface area (Å²) in [6.45, 7) is 8.24. The Bertz CT molecular complexity index is 910. The van der Waals surface area contributed by atoms with Crippen LogP contribution in [0.4, 0.5) is 5.69 Å². The lowest BCUT2D eigenvalue weighted by Gasteiger charge is -2.09. The highest BCUT2D eigenvalue weighted by Gasteiger charge is 2.18. The van der Waals surface area contributed by atoms with Crippen molar-refractivity contribution in [2.45, 2.75) is 40.0 Å². The fourth-order valence-electron chi connectivity index (χ4n) is 2.92. The van der Waals surface area contributed by atoms with E-state index < -0.39 is 0 Å². The predicted molar refractivity (Wildman–Crippen MR) is 104 cm³/mol. The number of aromatic nitrogens is 3. The lowest BCUT2D eigenvalue weighted by Crippen LogP contribution is -2.15. The van der Waals surface area contributed by atoms with E-state index in [1.54, 1.807) is 4.68 Å². The molecule has 0 aliphatic heterocycles. The van der Waals surface area contributed by atoms with Gasteiger partial charge in [0.05, 0.1) is 11.4 Å². The molecule has 5 heteroatoms. The molecule has 134 valence electrons. The summed E-state index contributed by atoms with van der Waals surface area (Å²) in [5.41, 5.74) is 5.12. The first-order valence-electron chi connectivity index (χ1n) is 8.93. The van der Waals surface area contributed by atoms with E-state index in [9.17, 15) is 4.79 Å². The van der Waals surface area contributed by atoms with E-state index in [0.717, 1.165) is 23.4 Å². The fourth-order valence-corrected chi connectivity index (χ4v) is 2.92. The zero-order valence-electron chi connectivity index (χ0n) is 15.7. The third-order valence-corrected chi connectivity index (χ3v) is 4.56. The lowest BCUT2D eigenvalue weighted by molar-refractivity contribution is 0.102. The van der Waals surface area contributed by atoms with Gasteiger partial charge >= 0.3 is 0 Å². The van der Waals surface area contributed by atoms with Crippen molar-refractivity contribution in [3.05, 3.63) is 71.0 Å². The van der Waals surface area contributed by atoms with Gasteiger partial charge in [-0.3, -0.25) is 4.79 Å². The van der Waals surface area contributed by atoms with Gasteiger partial charge in [-0.05, 0) is 48.6 Å². The monoisotopic (exact) mass is 348 g/mol. The molecule has 0 radical (unpaired) electrons. The van der Waals surface area contributed by atoms with Crippen LogP contribution in [0.2, 0.25) is 0 Å². The SMILES string of the molecule is CCc1ccccc1NC(=O)c1nnn(-c2ccc(C(C)C)cc2)c1C. The van der Waals surface area contributed by atoms with Crippen molar-refractivity contribution in [1.82, 2.24) is 15.0 Å². The van der Waals surface area contributed by atoms with Crippen LogP contribution in [0.25, 0.3) is 5.69 Å². The summed E-state index contributed by atoms with van der Waals surface area (Å²) in [6.07, 6.45) is 0.852. The van der Waals surface area contributed by atoms with E-state index in [-0.39, 0.29) is 5.91 Å². The van der Waals surface area contributed by atoms with Crippen molar-refractivity contribution in [1.29, 1.82) is 0 Å². The molecule has 0 saturated heterocycles. The third kappa shape index (κ3) is 3.52. The van der Waals surface area contributed by atoms with Crippen LogP contribution in [0.15, 0.2) is 48.5 Å². The number of hydrogen-bond donors (Lipinski definition) is 1. The number of rotatable bonds is 5. The Hall–Kier alpha value is -2.95. The van der Waals surface area contributed by atoms with Crippen molar-refractivity contribution < 1.29 is 4.79 Å². The molecule has 5 nitrogen and oxygen atoms in total. The number of para-hydroxylation sites is 1. The van der Waals surface area contributed by atoms with Gasteiger partial charge in [-0.1, -0.05) is 56.3 Å². The first-order valence-corrected chi connectivity index (χ1v) is 8.93. The second kappa shape index (κ2) is 7.52. The van der Waals surface area contributed by atoms with Crippen molar-refractivity contribution in [3.8, 4) is 5.69 Å². The lowest BCUT2D eigenvalue weighted by atomic mass is 10.0. The maximum absolute atomic E-state index is 12.7. The van der Waals surface area contributed by atoms with Gasteiger partial charge in [-0.15, -0.1) is 5.10 Å². The summed E-state index contributed by atoms with van der Waals surface area (Å²) < 4.78 is 1.70. The Morgan fingerprint density at radius 1 is 1.12 bits per heavy atom. The predicted octanol–water partition coefficient (Wildman–Crippen LogP) is 4.51. The summed E-state index contributed by atoms with van der Waals surface area (Å²) >= 11 is 0. The molecule has 0 spiro atoms. The Kier molecular flexibility index (Phi) is 5.16.